The number of hydrogen-bond acceptors (Lipinski definition) is 3. The highest BCUT2D eigenvalue weighted by atomic mass is 16.4. The first kappa shape index (κ1) is 18.2. The monoisotopic (exact) mass is 287 g/mol. The Bertz CT molecular complexity index is 321. The predicted octanol–water partition coefficient (Wildman–Crippen LogP) is 0.703. The Labute approximate surface area is 119 Å². The second-order valence-corrected chi connectivity index (χ2v) is 4.66. The smallest absolute Gasteiger partial charge is 0.314 e. The molecule has 0 aliphatic heterocycles. The molecule has 4 N–H and O–H groups in total. The summed E-state index contributed by atoms with van der Waals surface area (Å²) < 4.78 is 0. The summed E-state index contributed by atoms with van der Waals surface area (Å²) in [5, 5.41) is 16.5. The molecule has 0 spiro atoms. The van der Waals surface area contributed by atoms with Crippen LogP contribution in [-0.2, 0) is 9.59 Å². The van der Waals surface area contributed by atoms with Gasteiger partial charge in [-0.2, -0.15) is 0 Å². The molecule has 0 rings (SSSR count). The van der Waals surface area contributed by atoms with Crippen molar-refractivity contribution in [3.8, 4) is 0 Å². The molecule has 116 valence electrons. The van der Waals surface area contributed by atoms with E-state index in [1.165, 1.54) is 6.92 Å². The molecule has 0 aliphatic carbocycles. The lowest BCUT2D eigenvalue weighted by Crippen LogP contribution is -2.40. The van der Waals surface area contributed by atoms with E-state index in [1.54, 1.807) is 0 Å². The van der Waals surface area contributed by atoms with E-state index in [4.69, 9.17) is 5.11 Å². The first-order chi connectivity index (χ1) is 9.45. The Balaban J connectivity index is 3.62. The summed E-state index contributed by atoms with van der Waals surface area (Å²) in [6.07, 6.45) is 2.47. The summed E-state index contributed by atoms with van der Waals surface area (Å²) in [5.74, 6) is -0.602. The average Bonchev–Trinajstić information content (AvgIpc) is 2.38. The third-order valence-electron chi connectivity index (χ3n) is 2.97. The van der Waals surface area contributed by atoms with Gasteiger partial charge in [-0.15, -0.1) is 0 Å². The first-order valence-corrected chi connectivity index (χ1v) is 6.93. The summed E-state index contributed by atoms with van der Waals surface area (Å²) in [6, 6.07) is -0.275. The highest BCUT2D eigenvalue weighted by Gasteiger charge is 2.09. The van der Waals surface area contributed by atoms with E-state index >= 15 is 0 Å². The molecule has 7 heteroatoms. The molecule has 0 aromatic carbocycles. The molecule has 7 nitrogen and oxygen atoms in total. The minimum Gasteiger partial charge on any atom is -0.481 e. The molecular formula is C13H25N3O4. The molecule has 1 unspecified atom stereocenters. The molecule has 0 aromatic rings. The van der Waals surface area contributed by atoms with Crippen LogP contribution >= 0.6 is 0 Å². The maximum Gasteiger partial charge on any atom is 0.314 e. The molecule has 0 saturated heterocycles. The zero-order valence-corrected chi connectivity index (χ0v) is 12.2. The van der Waals surface area contributed by atoms with E-state index in [-0.39, 0.29) is 18.4 Å². The van der Waals surface area contributed by atoms with Crippen LogP contribution < -0.4 is 16.0 Å². The van der Waals surface area contributed by atoms with Crippen molar-refractivity contribution >= 4 is 17.9 Å². The maximum absolute atomic E-state index is 11.4. The van der Waals surface area contributed by atoms with Crippen LogP contribution in [-0.4, -0.2) is 42.6 Å². The highest BCUT2D eigenvalue weighted by molar-refractivity contribution is 5.74. The molecule has 0 bridgehead atoms. The summed E-state index contributed by atoms with van der Waals surface area (Å²) in [6.45, 7) is 4.73. The van der Waals surface area contributed by atoms with E-state index in [2.05, 4.69) is 16.0 Å². The zero-order chi connectivity index (χ0) is 15.4. The molecular weight excluding hydrogens is 262 g/mol. The molecule has 1 atom stereocenters. The van der Waals surface area contributed by atoms with E-state index < -0.39 is 5.97 Å². The molecule has 20 heavy (non-hydrogen) atoms. The number of carboxylic acids is 1. The normalized spacial score (nSPS) is 11.5. The van der Waals surface area contributed by atoms with Gasteiger partial charge in [0.05, 0.1) is 0 Å². The van der Waals surface area contributed by atoms with Crippen LogP contribution in [0.1, 0.15) is 39.5 Å². The van der Waals surface area contributed by atoms with Crippen LogP contribution in [0.4, 0.5) is 4.79 Å². The van der Waals surface area contributed by atoms with Gasteiger partial charge in [-0.05, 0) is 18.8 Å². The van der Waals surface area contributed by atoms with Crippen molar-refractivity contribution in [3.05, 3.63) is 0 Å². The second kappa shape index (κ2) is 11.1. The summed E-state index contributed by atoms with van der Waals surface area (Å²) in [4.78, 5) is 32.5. The largest absolute Gasteiger partial charge is 0.481 e. The van der Waals surface area contributed by atoms with E-state index in [0.717, 1.165) is 12.8 Å². The number of rotatable bonds is 10. The summed E-state index contributed by atoms with van der Waals surface area (Å²) in [7, 11) is 0. The maximum atomic E-state index is 11.4. The molecule has 0 heterocycles. The van der Waals surface area contributed by atoms with E-state index in [1.807, 2.05) is 6.92 Å². The molecule has 0 aliphatic rings. The molecule has 0 fully saturated rings. The summed E-state index contributed by atoms with van der Waals surface area (Å²) >= 11 is 0. The van der Waals surface area contributed by atoms with Gasteiger partial charge in [-0.3, -0.25) is 9.59 Å². The zero-order valence-electron chi connectivity index (χ0n) is 12.2. The third-order valence-corrected chi connectivity index (χ3v) is 2.97. The Kier molecular flexibility index (Phi) is 10.1. The SMILES string of the molecule is CCC(CCNC(=O)NCCNC(C)=O)CCC(=O)O. The minimum absolute atomic E-state index is 0.128. The number of urea groups is 1. The quantitative estimate of drug-likeness (QED) is 0.444. The Morgan fingerprint density at radius 2 is 1.60 bits per heavy atom. The standard InChI is InChI=1S/C13H25N3O4/c1-3-11(4-5-12(18)19)6-7-15-13(20)16-9-8-14-10(2)17/h11H,3-9H2,1-2H3,(H,14,17)(H,18,19)(H2,15,16,20). The lowest BCUT2D eigenvalue weighted by Gasteiger charge is -2.14. The van der Waals surface area contributed by atoms with Crippen LogP contribution in [0, 0.1) is 5.92 Å². The van der Waals surface area contributed by atoms with Crippen LogP contribution in [0.3, 0.4) is 0 Å². The number of nitrogens with one attached hydrogen (secondary N) is 3. The topological polar surface area (TPSA) is 108 Å². The number of carboxylic acid groups (broad SMARTS) is 1. The van der Waals surface area contributed by atoms with Crippen molar-refractivity contribution in [2.45, 2.75) is 39.5 Å². The second-order valence-electron chi connectivity index (χ2n) is 4.66. The van der Waals surface area contributed by atoms with Gasteiger partial charge in [0.25, 0.3) is 0 Å². The van der Waals surface area contributed by atoms with Gasteiger partial charge in [-0.25, -0.2) is 4.79 Å². The number of amides is 3. The Morgan fingerprint density at radius 1 is 1.00 bits per heavy atom. The van der Waals surface area contributed by atoms with Crippen molar-refractivity contribution < 1.29 is 19.5 Å². The summed E-state index contributed by atoms with van der Waals surface area (Å²) in [5.41, 5.74) is 0. The third kappa shape index (κ3) is 11.3. The Hall–Kier alpha value is -1.79. The van der Waals surface area contributed by atoms with Gasteiger partial charge in [0, 0.05) is 33.0 Å². The Morgan fingerprint density at radius 3 is 2.15 bits per heavy atom. The van der Waals surface area contributed by atoms with E-state index in [9.17, 15) is 14.4 Å². The van der Waals surface area contributed by atoms with Gasteiger partial charge < -0.3 is 21.1 Å². The van der Waals surface area contributed by atoms with Crippen LogP contribution in [0.15, 0.2) is 0 Å². The lowest BCUT2D eigenvalue weighted by atomic mass is 9.97. The van der Waals surface area contributed by atoms with Crippen molar-refractivity contribution in [1.29, 1.82) is 0 Å². The number of aliphatic carboxylic acids is 1. The van der Waals surface area contributed by atoms with Crippen LogP contribution in [0.2, 0.25) is 0 Å². The number of carbonyl (C=O) groups is 3. The fourth-order valence-corrected chi connectivity index (χ4v) is 1.75. The van der Waals surface area contributed by atoms with Gasteiger partial charge in [0.15, 0.2) is 0 Å². The lowest BCUT2D eigenvalue weighted by molar-refractivity contribution is -0.137. The van der Waals surface area contributed by atoms with Crippen molar-refractivity contribution in [1.82, 2.24) is 16.0 Å². The van der Waals surface area contributed by atoms with E-state index in [0.29, 0.717) is 32.0 Å². The van der Waals surface area contributed by atoms with Crippen molar-refractivity contribution in [2.24, 2.45) is 5.92 Å². The molecule has 0 saturated carbocycles. The predicted molar refractivity (Wildman–Crippen MR) is 75.4 cm³/mol. The molecule has 0 radical (unpaired) electrons. The minimum atomic E-state index is -0.785. The average molecular weight is 287 g/mol. The fraction of sp³-hybridized carbons (Fsp3) is 0.769. The van der Waals surface area contributed by atoms with Crippen LogP contribution in [0.5, 0.6) is 0 Å². The van der Waals surface area contributed by atoms with Gasteiger partial charge in [0.1, 0.15) is 0 Å². The number of hydrogen-bond donors (Lipinski definition) is 4. The molecule has 0 aromatic heterocycles. The molecule has 3 amide bonds. The van der Waals surface area contributed by atoms with Crippen molar-refractivity contribution in [3.63, 3.8) is 0 Å². The highest BCUT2D eigenvalue weighted by Crippen LogP contribution is 2.14. The van der Waals surface area contributed by atoms with Gasteiger partial charge in [0.2, 0.25) is 5.91 Å². The van der Waals surface area contributed by atoms with Gasteiger partial charge >= 0.3 is 12.0 Å². The fourth-order valence-electron chi connectivity index (χ4n) is 1.75. The van der Waals surface area contributed by atoms with Crippen LogP contribution in [0.25, 0.3) is 0 Å². The van der Waals surface area contributed by atoms with Gasteiger partial charge in [-0.1, -0.05) is 13.3 Å². The first-order valence-electron chi connectivity index (χ1n) is 6.93. The number of carbonyl (C=O) groups excluding carboxylic acids is 2. The van der Waals surface area contributed by atoms with Crippen molar-refractivity contribution in [2.75, 3.05) is 19.6 Å².